The Hall–Kier alpha value is -3.04. The zero-order valence-electron chi connectivity index (χ0n) is 17.3. The molecule has 0 aliphatic heterocycles. The van der Waals surface area contributed by atoms with Gasteiger partial charge >= 0.3 is 5.69 Å². The number of nitrogens with one attached hydrogen (secondary N) is 1. The number of nitrogens with zero attached hydrogens (tertiary/aromatic N) is 2. The fourth-order valence-electron chi connectivity index (χ4n) is 3.14. The maximum Gasteiger partial charge on any atom is 0.330 e. The van der Waals surface area contributed by atoms with E-state index in [0.717, 1.165) is 17.3 Å². The first-order valence-corrected chi connectivity index (χ1v) is 11.2. The van der Waals surface area contributed by atoms with Gasteiger partial charge in [0.05, 0.1) is 17.3 Å². The van der Waals surface area contributed by atoms with Crippen LogP contribution in [-0.2, 0) is 11.3 Å². The lowest BCUT2D eigenvalue weighted by atomic mass is 10.2. The predicted molar refractivity (Wildman–Crippen MR) is 126 cm³/mol. The van der Waals surface area contributed by atoms with E-state index in [1.807, 2.05) is 37.3 Å². The second-order valence-corrected chi connectivity index (χ2v) is 8.43. The number of hydrogen-bond donors (Lipinski definition) is 2. The van der Waals surface area contributed by atoms with Crippen molar-refractivity contribution in [1.82, 2.24) is 9.55 Å². The van der Waals surface area contributed by atoms with E-state index in [4.69, 9.17) is 17.3 Å². The van der Waals surface area contributed by atoms with Crippen molar-refractivity contribution in [3.8, 4) is 0 Å². The summed E-state index contributed by atoms with van der Waals surface area (Å²) in [6.07, 6.45) is 0.565. The van der Waals surface area contributed by atoms with Crippen molar-refractivity contribution in [2.45, 2.75) is 24.8 Å². The van der Waals surface area contributed by atoms with Gasteiger partial charge < -0.3 is 10.6 Å². The number of rotatable bonds is 8. The maximum absolute atomic E-state index is 13.4. The fraction of sp³-hybridized carbons (Fsp3) is 0.227. The molecule has 1 amide bonds. The molecular formula is C22H22ClFN4O3S. The third-order valence-corrected chi connectivity index (χ3v) is 5.94. The maximum atomic E-state index is 13.4. The van der Waals surface area contributed by atoms with E-state index < -0.39 is 17.1 Å². The molecule has 0 radical (unpaired) electrons. The van der Waals surface area contributed by atoms with Crippen LogP contribution >= 0.6 is 23.4 Å². The van der Waals surface area contributed by atoms with Crippen molar-refractivity contribution < 1.29 is 9.18 Å². The first kappa shape index (κ1) is 23.6. The lowest BCUT2D eigenvalue weighted by molar-refractivity contribution is -0.116. The Labute approximate surface area is 193 Å². The summed E-state index contributed by atoms with van der Waals surface area (Å²) in [5, 5.41) is -0.0402. The number of carbonyl (C=O) groups is 1. The highest BCUT2D eigenvalue weighted by atomic mass is 35.5. The van der Waals surface area contributed by atoms with Gasteiger partial charge in [-0.1, -0.05) is 48.9 Å². The molecule has 0 saturated heterocycles. The zero-order chi connectivity index (χ0) is 23.3. The van der Waals surface area contributed by atoms with Gasteiger partial charge in [-0.15, -0.1) is 11.8 Å². The second-order valence-electron chi connectivity index (χ2n) is 6.97. The van der Waals surface area contributed by atoms with Crippen molar-refractivity contribution in [1.29, 1.82) is 0 Å². The Morgan fingerprint density at radius 3 is 2.59 bits per heavy atom. The van der Waals surface area contributed by atoms with E-state index >= 15 is 0 Å². The van der Waals surface area contributed by atoms with Gasteiger partial charge in [0.25, 0.3) is 5.56 Å². The average Bonchev–Trinajstić information content (AvgIpc) is 2.77. The number of aromatic nitrogens is 2. The summed E-state index contributed by atoms with van der Waals surface area (Å²) in [6.45, 7) is 2.24. The number of hydrogen-bond acceptors (Lipinski definition) is 5. The Kier molecular flexibility index (Phi) is 7.76. The summed E-state index contributed by atoms with van der Waals surface area (Å²) in [5.41, 5.74) is 5.60. The minimum atomic E-state index is -0.728. The van der Waals surface area contributed by atoms with Crippen LogP contribution in [-0.4, -0.2) is 27.8 Å². The zero-order valence-corrected chi connectivity index (χ0v) is 18.9. The first-order chi connectivity index (χ1) is 15.3. The van der Waals surface area contributed by atoms with Crippen LogP contribution < -0.4 is 21.9 Å². The molecule has 0 spiro atoms. The van der Waals surface area contributed by atoms with Gasteiger partial charge in [-0.3, -0.25) is 19.1 Å². The molecule has 2 aromatic carbocycles. The van der Waals surface area contributed by atoms with Gasteiger partial charge in [0.15, 0.2) is 5.69 Å². The summed E-state index contributed by atoms with van der Waals surface area (Å²) in [7, 11) is 0. The number of thioether (sulfide) groups is 1. The third-order valence-electron chi connectivity index (χ3n) is 4.67. The summed E-state index contributed by atoms with van der Waals surface area (Å²) >= 11 is 6.96. The van der Waals surface area contributed by atoms with Crippen molar-refractivity contribution >= 4 is 40.8 Å². The first-order valence-electron chi connectivity index (χ1n) is 9.86. The summed E-state index contributed by atoms with van der Waals surface area (Å²) in [6, 6.07) is 13.3. The van der Waals surface area contributed by atoms with Crippen LogP contribution in [0.1, 0.15) is 18.9 Å². The molecule has 7 nitrogen and oxygen atoms in total. The molecule has 1 aromatic heterocycles. The lowest BCUT2D eigenvalue weighted by Gasteiger charge is -2.24. The van der Waals surface area contributed by atoms with Crippen LogP contribution in [0, 0.1) is 5.82 Å². The fourth-order valence-corrected chi connectivity index (χ4v) is 4.19. The van der Waals surface area contributed by atoms with E-state index in [-0.39, 0.29) is 41.3 Å². The Morgan fingerprint density at radius 2 is 1.94 bits per heavy atom. The smallest absolute Gasteiger partial charge is 0.330 e. The van der Waals surface area contributed by atoms with E-state index in [9.17, 15) is 18.8 Å². The highest BCUT2D eigenvalue weighted by Gasteiger charge is 2.24. The monoisotopic (exact) mass is 476 g/mol. The average molecular weight is 477 g/mol. The lowest BCUT2D eigenvalue weighted by Crippen LogP contribution is -2.42. The summed E-state index contributed by atoms with van der Waals surface area (Å²) in [5.74, 6) is -1.04. The van der Waals surface area contributed by atoms with Gasteiger partial charge in [0.2, 0.25) is 5.91 Å². The molecule has 0 saturated carbocycles. The van der Waals surface area contributed by atoms with E-state index in [1.165, 1.54) is 27.7 Å². The van der Waals surface area contributed by atoms with Crippen LogP contribution in [0.2, 0.25) is 5.02 Å². The minimum Gasteiger partial charge on any atom is -0.383 e. The molecule has 3 N–H and O–H groups in total. The molecule has 1 heterocycles. The molecule has 168 valence electrons. The molecule has 0 atom stereocenters. The third kappa shape index (κ3) is 5.41. The topological polar surface area (TPSA) is 101 Å². The molecule has 10 heteroatoms. The number of H-pyrrole nitrogens is 1. The highest BCUT2D eigenvalue weighted by Crippen LogP contribution is 2.26. The molecule has 0 unspecified atom stereocenters. The molecule has 3 rings (SSSR count). The van der Waals surface area contributed by atoms with Gasteiger partial charge in [0, 0.05) is 11.4 Å². The van der Waals surface area contributed by atoms with Crippen LogP contribution in [0.25, 0.3) is 0 Å². The molecule has 0 bridgehead atoms. The molecule has 0 fully saturated rings. The molecule has 32 heavy (non-hydrogen) atoms. The SMILES string of the molecule is CCCN(C(=O)CSc1ccc(F)c(Cl)c1)c1c(N)n(Cc2ccccc2)c(=O)[nH]c1=O. The van der Waals surface area contributed by atoms with E-state index in [1.54, 1.807) is 0 Å². The number of nitrogen functional groups attached to an aromatic ring is 1. The number of halogens is 2. The van der Waals surface area contributed by atoms with Crippen molar-refractivity contribution in [3.63, 3.8) is 0 Å². The van der Waals surface area contributed by atoms with Crippen LogP contribution in [0.15, 0.2) is 63.0 Å². The molecule has 0 aliphatic rings. The largest absolute Gasteiger partial charge is 0.383 e. The van der Waals surface area contributed by atoms with Crippen molar-refractivity contribution in [3.05, 3.63) is 85.8 Å². The van der Waals surface area contributed by atoms with Crippen LogP contribution in [0.3, 0.4) is 0 Å². The van der Waals surface area contributed by atoms with Gasteiger partial charge in [-0.25, -0.2) is 9.18 Å². The Bertz CT molecular complexity index is 1230. The minimum absolute atomic E-state index is 0.0291. The quantitative estimate of drug-likeness (QED) is 0.484. The second kappa shape index (κ2) is 10.5. The van der Waals surface area contributed by atoms with Crippen LogP contribution in [0.4, 0.5) is 15.9 Å². The van der Waals surface area contributed by atoms with Crippen molar-refractivity contribution in [2.75, 3.05) is 22.9 Å². The van der Waals surface area contributed by atoms with Gasteiger partial charge in [-0.2, -0.15) is 0 Å². The number of benzene rings is 2. The highest BCUT2D eigenvalue weighted by molar-refractivity contribution is 8.00. The molecular weight excluding hydrogens is 455 g/mol. The number of carbonyl (C=O) groups excluding carboxylic acids is 1. The summed E-state index contributed by atoms with van der Waals surface area (Å²) in [4.78, 5) is 42.2. The normalized spacial score (nSPS) is 10.8. The molecule has 3 aromatic rings. The van der Waals surface area contributed by atoms with E-state index in [0.29, 0.717) is 11.3 Å². The predicted octanol–water partition coefficient (Wildman–Crippen LogP) is 3.49. The number of amides is 1. The summed E-state index contributed by atoms with van der Waals surface area (Å²) < 4.78 is 14.6. The Morgan fingerprint density at radius 1 is 1.22 bits per heavy atom. The number of nitrogens with two attached hydrogens (primary N) is 1. The Balaban J connectivity index is 1.91. The number of anilines is 2. The standard InChI is InChI=1S/C22H22ClFN4O3S/c1-2-10-27(18(29)13-32-15-8-9-17(24)16(23)11-15)19-20(25)28(22(31)26-21(19)30)12-14-6-4-3-5-7-14/h3-9,11H,2,10,12-13,25H2,1H3,(H,26,30,31). The van der Waals surface area contributed by atoms with E-state index in [2.05, 4.69) is 4.98 Å². The van der Waals surface area contributed by atoms with Crippen molar-refractivity contribution in [2.24, 2.45) is 0 Å². The van der Waals surface area contributed by atoms with Gasteiger partial charge in [0.1, 0.15) is 11.6 Å². The van der Waals surface area contributed by atoms with Crippen LogP contribution in [0.5, 0.6) is 0 Å². The molecule has 0 aliphatic carbocycles. The number of aromatic amines is 1. The van der Waals surface area contributed by atoms with Gasteiger partial charge in [-0.05, 0) is 30.2 Å².